The second-order valence-corrected chi connectivity index (χ2v) is 5.90. The topological polar surface area (TPSA) is 12.9 Å². The van der Waals surface area contributed by atoms with Crippen molar-refractivity contribution in [3.05, 3.63) is 65.4 Å². The van der Waals surface area contributed by atoms with Crippen LogP contribution < -0.4 is 0 Å². The van der Waals surface area contributed by atoms with Crippen molar-refractivity contribution in [2.45, 2.75) is 13.8 Å². The van der Waals surface area contributed by atoms with E-state index in [1.807, 2.05) is 6.92 Å². The number of aromatic nitrogens is 1. The molecule has 0 atom stereocenters. The van der Waals surface area contributed by atoms with Gasteiger partial charge in [0.1, 0.15) is 16.6 Å². The first-order valence-electron chi connectivity index (χ1n) is 6.54. The highest BCUT2D eigenvalue weighted by Crippen LogP contribution is 2.35. The first kappa shape index (κ1) is 13.9. The zero-order valence-corrected chi connectivity index (χ0v) is 12.5. The highest BCUT2D eigenvalue weighted by atomic mass is 32.1. The van der Waals surface area contributed by atoms with E-state index in [-0.39, 0.29) is 11.6 Å². The highest BCUT2D eigenvalue weighted by molar-refractivity contribution is 7.18. The molecule has 0 radical (unpaired) electrons. The average Bonchev–Trinajstić information content (AvgIpc) is 2.85. The molecule has 0 fully saturated rings. The van der Waals surface area contributed by atoms with E-state index >= 15 is 0 Å². The van der Waals surface area contributed by atoms with Crippen LogP contribution in [0.3, 0.4) is 0 Å². The molecule has 3 aromatic rings. The summed E-state index contributed by atoms with van der Waals surface area (Å²) >= 11 is 1.53. The molecule has 4 heteroatoms. The quantitative estimate of drug-likeness (QED) is 0.620. The minimum atomic E-state index is -0.254. The van der Waals surface area contributed by atoms with Gasteiger partial charge in [0.2, 0.25) is 0 Å². The van der Waals surface area contributed by atoms with E-state index in [0.29, 0.717) is 5.56 Å². The van der Waals surface area contributed by atoms with Gasteiger partial charge in [-0.15, -0.1) is 11.3 Å². The molecule has 0 N–H and O–H groups in total. The van der Waals surface area contributed by atoms with Crippen molar-refractivity contribution in [2.24, 2.45) is 0 Å². The largest absolute Gasteiger partial charge is 0.241 e. The first-order valence-corrected chi connectivity index (χ1v) is 7.36. The molecule has 0 saturated carbocycles. The molecular formula is C17H13F2NS. The fraction of sp³-hybridized carbons (Fsp3) is 0.118. The molecule has 21 heavy (non-hydrogen) atoms. The number of rotatable bonds is 2. The Hall–Kier alpha value is -2.07. The van der Waals surface area contributed by atoms with Crippen LogP contribution >= 0.6 is 11.3 Å². The molecule has 2 aromatic carbocycles. The van der Waals surface area contributed by atoms with Crippen LogP contribution in [0.2, 0.25) is 0 Å². The zero-order chi connectivity index (χ0) is 15.0. The molecule has 0 amide bonds. The number of aryl methyl sites for hydroxylation is 2. The van der Waals surface area contributed by atoms with Crippen LogP contribution in [-0.4, -0.2) is 4.98 Å². The molecule has 0 saturated heterocycles. The minimum absolute atomic E-state index is 0.217. The molecule has 0 bridgehead atoms. The average molecular weight is 301 g/mol. The molecule has 3 rings (SSSR count). The summed E-state index contributed by atoms with van der Waals surface area (Å²) in [6.45, 7) is 3.66. The number of halogens is 2. The Bertz CT molecular complexity index is 791. The van der Waals surface area contributed by atoms with Gasteiger partial charge in [-0.05, 0) is 55.3 Å². The Balaban J connectivity index is 2.04. The smallest absolute Gasteiger partial charge is 0.126 e. The Labute approximate surface area is 125 Å². The number of hydrogen-bond acceptors (Lipinski definition) is 2. The lowest BCUT2D eigenvalue weighted by Gasteiger charge is -1.99. The summed E-state index contributed by atoms with van der Waals surface area (Å²) < 4.78 is 26.4. The van der Waals surface area contributed by atoms with E-state index in [4.69, 9.17) is 0 Å². The van der Waals surface area contributed by atoms with Gasteiger partial charge in [0.05, 0.1) is 10.6 Å². The third-order valence-corrected chi connectivity index (χ3v) is 4.56. The van der Waals surface area contributed by atoms with Crippen molar-refractivity contribution in [2.75, 3.05) is 0 Å². The third-order valence-electron chi connectivity index (χ3n) is 3.31. The van der Waals surface area contributed by atoms with Gasteiger partial charge in [-0.3, -0.25) is 0 Å². The van der Waals surface area contributed by atoms with Gasteiger partial charge in [0.15, 0.2) is 0 Å². The van der Waals surface area contributed by atoms with Crippen LogP contribution in [0.15, 0.2) is 42.5 Å². The van der Waals surface area contributed by atoms with E-state index in [2.05, 4.69) is 4.98 Å². The summed E-state index contributed by atoms with van der Waals surface area (Å²) in [6.07, 6.45) is 0. The van der Waals surface area contributed by atoms with Crippen LogP contribution in [0.4, 0.5) is 8.78 Å². The highest BCUT2D eigenvalue weighted by Gasteiger charge is 2.12. The first-order chi connectivity index (χ1) is 10.0. The van der Waals surface area contributed by atoms with Crippen molar-refractivity contribution in [3.63, 3.8) is 0 Å². The molecule has 0 aliphatic carbocycles. The Morgan fingerprint density at radius 2 is 1.57 bits per heavy atom. The number of hydrogen-bond donors (Lipinski definition) is 0. The molecule has 106 valence electrons. The van der Waals surface area contributed by atoms with E-state index in [0.717, 1.165) is 26.7 Å². The van der Waals surface area contributed by atoms with Gasteiger partial charge in [-0.25, -0.2) is 13.8 Å². The van der Waals surface area contributed by atoms with Crippen LogP contribution in [0.1, 0.15) is 11.3 Å². The van der Waals surface area contributed by atoms with Gasteiger partial charge >= 0.3 is 0 Å². The normalized spacial score (nSPS) is 10.9. The SMILES string of the molecule is Cc1cc(-c2nc(C)c(-c3ccc(F)cc3)s2)ccc1F. The summed E-state index contributed by atoms with van der Waals surface area (Å²) in [7, 11) is 0. The Morgan fingerprint density at radius 3 is 2.24 bits per heavy atom. The molecular weight excluding hydrogens is 288 g/mol. The van der Waals surface area contributed by atoms with Crippen molar-refractivity contribution >= 4 is 11.3 Å². The maximum Gasteiger partial charge on any atom is 0.126 e. The second kappa shape index (κ2) is 5.37. The Morgan fingerprint density at radius 1 is 0.905 bits per heavy atom. The lowest BCUT2D eigenvalue weighted by atomic mass is 10.1. The van der Waals surface area contributed by atoms with Gasteiger partial charge in [0, 0.05) is 5.56 Å². The van der Waals surface area contributed by atoms with Crippen molar-refractivity contribution < 1.29 is 8.78 Å². The number of benzene rings is 2. The molecule has 1 aromatic heterocycles. The van der Waals surface area contributed by atoms with E-state index in [1.54, 1.807) is 31.2 Å². The zero-order valence-electron chi connectivity index (χ0n) is 11.7. The van der Waals surface area contributed by atoms with Crippen molar-refractivity contribution in [1.29, 1.82) is 0 Å². The predicted octanol–water partition coefficient (Wildman–Crippen LogP) is 5.37. The standard InChI is InChI=1S/C17H13F2NS/c1-10-9-13(5-8-15(10)19)17-20-11(2)16(21-17)12-3-6-14(18)7-4-12/h3-9H,1-2H3. The van der Waals surface area contributed by atoms with Crippen LogP contribution in [0, 0.1) is 25.5 Å². The van der Waals surface area contributed by atoms with Crippen LogP contribution in [-0.2, 0) is 0 Å². The summed E-state index contributed by atoms with van der Waals surface area (Å²) in [5, 5.41) is 0.843. The monoisotopic (exact) mass is 301 g/mol. The molecule has 1 nitrogen and oxygen atoms in total. The van der Waals surface area contributed by atoms with E-state index in [9.17, 15) is 8.78 Å². The van der Waals surface area contributed by atoms with Gasteiger partial charge in [0.25, 0.3) is 0 Å². The second-order valence-electron chi connectivity index (χ2n) is 4.90. The predicted molar refractivity (Wildman–Crippen MR) is 82.4 cm³/mol. The lowest BCUT2D eigenvalue weighted by molar-refractivity contribution is 0.619. The maximum absolute atomic E-state index is 13.3. The Kier molecular flexibility index (Phi) is 3.55. The fourth-order valence-electron chi connectivity index (χ4n) is 2.17. The molecule has 0 aliphatic heterocycles. The van der Waals surface area contributed by atoms with Crippen LogP contribution in [0.25, 0.3) is 21.0 Å². The van der Waals surface area contributed by atoms with Gasteiger partial charge in [-0.2, -0.15) is 0 Å². The molecule has 1 heterocycles. The van der Waals surface area contributed by atoms with Crippen molar-refractivity contribution in [3.8, 4) is 21.0 Å². The maximum atomic E-state index is 13.3. The van der Waals surface area contributed by atoms with Gasteiger partial charge in [-0.1, -0.05) is 12.1 Å². The third kappa shape index (κ3) is 2.72. The molecule has 0 aliphatic rings. The lowest BCUT2D eigenvalue weighted by Crippen LogP contribution is -1.83. The summed E-state index contributed by atoms with van der Waals surface area (Å²) in [6, 6.07) is 11.4. The van der Waals surface area contributed by atoms with Crippen molar-refractivity contribution in [1.82, 2.24) is 4.98 Å². The van der Waals surface area contributed by atoms with E-state index < -0.39 is 0 Å². The summed E-state index contributed by atoms with van der Waals surface area (Å²) in [5.74, 6) is -0.471. The van der Waals surface area contributed by atoms with Crippen LogP contribution in [0.5, 0.6) is 0 Å². The fourth-order valence-corrected chi connectivity index (χ4v) is 3.23. The summed E-state index contributed by atoms with van der Waals surface area (Å²) in [5.41, 5.74) is 3.33. The van der Waals surface area contributed by atoms with Gasteiger partial charge < -0.3 is 0 Å². The van der Waals surface area contributed by atoms with E-state index in [1.165, 1.54) is 29.5 Å². The molecule has 0 unspecified atom stereocenters. The summed E-state index contributed by atoms with van der Waals surface area (Å²) in [4.78, 5) is 5.56. The minimum Gasteiger partial charge on any atom is -0.241 e. The number of nitrogens with zero attached hydrogens (tertiary/aromatic N) is 1. The molecule has 0 spiro atoms. The number of thiazole rings is 1.